The molecule has 2 atom stereocenters. The summed E-state index contributed by atoms with van der Waals surface area (Å²) in [6.45, 7) is 3.24. The van der Waals surface area contributed by atoms with Gasteiger partial charge in [-0.05, 0) is 68.3 Å². The molecule has 10 heteroatoms. The lowest BCUT2D eigenvalue weighted by molar-refractivity contribution is -0.125. The number of primary amides is 1. The second kappa shape index (κ2) is 6.07. The van der Waals surface area contributed by atoms with Crippen molar-refractivity contribution in [2.24, 2.45) is 5.73 Å². The maximum absolute atomic E-state index is 12.9. The Kier molecular flexibility index (Phi) is 4.56. The second-order valence-electron chi connectivity index (χ2n) is 6.62. The molecule has 0 radical (unpaired) electrons. The molecule has 0 aromatic carbocycles. The Morgan fingerprint density at radius 2 is 1.83 bits per heavy atom. The first kappa shape index (κ1) is 17.3. The van der Waals surface area contributed by atoms with Gasteiger partial charge in [-0.2, -0.15) is 8.94 Å². The minimum atomic E-state index is -3.55. The first-order valence-corrected chi connectivity index (χ1v) is 11.1. The third kappa shape index (κ3) is 3.76. The van der Waals surface area contributed by atoms with Crippen LogP contribution in [0.15, 0.2) is 17.3 Å². The molecule has 3 rings (SSSR count). The van der Waals surface area contributed by atoms with Gasteiger partial charge in [0.2, 0.25) is 5.91 Å². The highest BCUT2D eigenvalue weighted by molar-refractivity contribution is 7.97. The molecule has 0 saturated heterocycles. The van der Waals surface area contributed by atoms with Crippen LogP contribution in [0.4, 0.5) is 0 Å². The number of nitrogens with two attached hydrogens (primary N) is 1. The van der Waals surface area contributed by atoms with E-state index in [1.807, 2.05) is 0 Å². The van der Waals surface area contributed by atoms with Crippen LogP contribution in [0.1, 0.15) is 39.5 Å². The third-order valence-electron chi connectivity index (χ3n) is 4.03. The van der Waals surface area contributed by atoms with E-state index in [0.29, 0.717) is 28.8 Å². The number of carbonyl (C=O) groups is 1. The van der Waals surface area contributed by atoms with E-state index in [1.165, 1.54) is 17.1 Å². The average molecular weight is 376 g/mol. The van der Waals surface area contributed by atoms with Crippen LogP contribution in [0.2, 0.25) is 0 Å². The van der Waals surface area contributed by atoms with Crippen LogP contribution in [0.25, 0.3) is 0 Å². The lowest BCUT2D eigenvalue weighted by Gasteiger charge is -2.22. The van der Waals surface area contributed by atoms with E-state index in [-0.39, 0.29) is 4.90 Å². The first-order valence-electron chi connectivity index (χ1n) is 7.64. The van der Waals surface area contributed by atoms with Gasteiger partial charge in [-0.1, -0.05) is 0 Å². The number of hydrogen-bond acceptors (Lipinski definition) is 4. The van der Waals surface area contributed by atoms with E-state index < -0.39 is 21.5 Å². The number of amides is 1. The van der Waals surface area contributed by atoms with E-state index in [9.17, 15) is 13.2 Å². The predicted molar refractivity (Wildman–Crippen MR) is 92.4 cm³/mol. The van der Waals surface area contributed by atoms with Gasteiger partial charge < -0.3 is 5.73 Å². The summed E-state index contributed by atoms with van der Waals surface area (Å²) in [4.78, 5) is 11.7. The largest absolute Gasteiger partial charge is 0.368 e. The fourth-order valence-electron chi connectivity index (χ4n) is 1.90. The van der Waals surface area contributed by atoms with Crippen molar-refractivity contribution in [3.05, 3.63) is 12.4 Å². The van der Waals surface area contributed by atoms with Gasteiger partial charge in [0.15, 0.2) is 0 Å². The van der Waals surface area contributed by atoms with Crippen molar-refractivity contribution < 1.29 is 13.2 Å². The van der Waals surface area contributed by atoms with Gasteiger partial charge in [-0.3, -0.25) is 9.48 Å². The zero-order valence-electron chi connectivity index (χ0n) is 13.2. The van der Waals surface area contributed by atoms with E-state index in [1.54, 1.807) is 17.7 Å². The molecule has 1 aromatic rings. The molecule has 2 N–H and O–H groups in total. The van der Waals surface area contributed by atoms with Crippen molar-refractivity contribution in [2.45, 2.75) is 61.3 Å². The van der Waals surface area contributed by atoms with E-state index in [0.717, 1.165) is 25.7 Å². The minimum absolute atomic E-state index is 0.146. The first-order chi connectivity index (χ1) is 10.7. The highest BCUT2D eigenvalue weighted by Crippen LogP contribution is 2.54. The summed E-state index contributed by atoms with van der Waals surface area (Å²) in [6, 6.07) is 0. The van der Waals surface area contributed by atoms with Crippen molar-refractivity contribution in [1.82, 2.24) is 13.6 Å². The van der Waals surface area contributed by atoms with E-state index in [2.05, 4.69) is 5.10 Å². The van der Waals surface area contributed by atoms with Gasteiger partial charge in [0.25, 0.3) is 10.0 Å². The molecule has 2 aliphatic rings. The smallest absolute Gasteiger partial charge is 0.252 e. The summed E-state index contributed by atoms with van der Waals surface area (Å²) >= 11 is 0. The van der Waals surface area contributed by atoms with Crippen molar-refractivity contribution >= 4 is 33.4 Å². The van der Waals surface area contributed by atoms with Gasteiger partial charge in [-0.25, -0.2) is 8.42 Å². The average Bonchev–Trinajstić information content (AvgIpc) is 3.39. The Morgan fingerprint density at radius 1 is 1.30 bits per heavy atom. The second-order valence-corrected chi connectivity index (χ2v) is 12.5. The van der Waals surface area contributed by atoms with Crippen LogP contribution in [0.5, 0.6) is 0 Å². The molecule has 0 aliphatic heterocycles. The summed E-state index contributed by atoms with van der Waals surface area (Å²) < 4.78 is 28.9. The molecule has 1 heterocycles. The zero-order chi connectivity index (χ0) is 16.8. The molecule has 0 bridgehead atoms. The monoisotopic (exact) mass is 376 g/mol. The van der Waals surface area contributed by atoms with Gasteiger partial charge in [-0.15, -0.1) is 0 Å². The SMILES string of the molecule is CC(C)(C(N)=O)n1cc(S(=O)(=O)N(PC2CC2)PC2CC2)cn1. The number of nitrogens with zero attached hydrogens (tertiary/aromatic N) is 3. The molecule has 128 valence electrons. The Balaban J connectivity index is 1.85. The Labute approximate surface area is 140 Å². The molecule has 2 unspecified atom stereocenters. The predicted octanol–water partition coefficient (Wildman–Crippen LogP) is 1.61. The molecule has 1 amide bonds. The molecule has 2 aliphatic carbocycles. The van der Waals surface area contributed by atoms with Crippen molar-refractivity contribution in [1.29, 1.82) is 0 Å². The molecule has 23 heavy (non-hydrogen) atoms. The van der Waals surface area contributed by atoms with Crippen LogP contribution in [-0.4, -0.2) is 39.3 Å². The molecule has 1 aromatic heterocycles. The molecular formula is C13H22N4O3P2S. The fourth-order valence-corrected chi connectivity index (χ4v) is 8.06. The van der Waals surface area contributed by atoms with Crippen LogP contribution in [0.3, 0.4) is 0 Å². The normalized spacial score (nSPS) is 20.3. The maximum atomic E-state index is 12.9. The molecular weight excluding hydrogens is 354 g/mol. The summed E-state index contributed by atoms with van der Waals surface area (Å²) in [5.74, 6) is -0.555. The maximum Gasteiger partial charge on any atom is 0.252 e. The Morgan fingerprint density at radius 3 is 2.26 bits per heavy atom. The standard InChI is InChI=1S/C13H22N4O3P2S/c1-13(2,12(14)18)16-8-11(7-15-16)23(19,20)17(21-9-3-4-9)22-10-5-6-10/h7-10,21-22H,3-6H2,1-2H3,(H2,14,18). The van der Waals surface area contributed by atoms with Crippen molar-refractivity contribution in [3.63, 3.8) is 0 Å². The molecule has 2 fully saturated rings. The minimum Gasteiger partial charge on any atom is -0.368 e. The highest BCUT2D eigenvalue weighted by atomic mass is 32.2. The lowest BCUT2D eigenvalue weighted by atomic mass is 10.1. The third-order valence-corrected chi connectivity index (χ3v) is 10.5. The molecule has 0 spiro atoms. The van der Waals surface area contributed by atoms with Crippen LogP contribution in [0, 0.1) is 0 Å². The van der Waals surface area contributed by atoms with Gasteiger partial charge in [0, 0.05) is 6.20 Å². The topological polar surface area (TPSA) is 98.3 Å². The lowest BCUT2D eigenvalue weighted by Crippen LogP contribution is -2.41. The summed E-state index contributed by atoms with van der Waals surface area (Å²) in [7, 11) is -2.91. The van der Waals surface area contributed by atoms with Crippen LogP contribution >= 0.6 is 17.5 Å². The van der Waals surface area contributed by atoms with Crippen LogP contribution < -0.4 is 5.73 Å². The summed E-state index contributed by atoms with van der Waals surface area (Å²) in [5.41, 5.74) is 5.36. The van der Waals surface area contributed by atoms with Gasteiger partial charge in [0.1, 0.15) is 10.4 Å². The van der Waals surface area contributed by atoms with Gasteiger partial charge >= 0.3 is 0 Å². The zero-order valence-corrected chi connectivity index (χ0v) is 16.0. The number of sulfonamides is 1. The molecule has 7 nitrogen and oxygen atoms in total. The van der Waals surface area contributed by atoms with Gasteiger partial charge in [0.05, 0.1) is 6.20 Å². The number of carbonyl (C=O) groups excluding carboxylic acids is 1. The Bertz CT molecular complexity index is 697. The summed E-state index contributed by atoms with van der Waals surface area (Å²) in [6.07, 6.45) is 7.21. The quantitative estimate of drug-likeness (QED) is 0.697. The van der Waals surface area contributed by atoms with Crippen LogP contribution in [-0.2, 0) is 20.4 Å². The fraction of sp³-hybridized carbons (Fsp3) is 0.692. The Hall–Kier alpha value is -0.550. The van der Waals surface area contributed by atoms with Crippen molar-refractivity contribution in [3.8, 4) is 0 Å². The van der Waals surface area contributed by atoms with E-state index >= 15 is 0 Å². The van der Waals surface area contributed by atoms with E-state index in [4.69, 9.17) is 5.73 Å². The summed E-state index contributed by atoms with van der Waals surface area (Å²) in [5, 5.41) is 4.06. The van der Waals surface area contributed by atoms with Crippen molar-refractivity contribution in [2.75, 3.05) is 0 Å². The number of hydrogen-bond donors (Lipinski definition) is 1. The number of rotatable bonds is 8. The number of aromatic nitrogens is 2. The molecule has 2 saturated carbocycles. The highest BCUT2D eigenvalue weighted by Gasteiger charge is 2.37.